The number of carbonyl (C=O) groups is 2. The summed E-state index contributed by atoms with van der Waals surface area (Å²) in [5, 5.41) is 1.15. The maximum atomic E-state index is 12.1. The van der Waals surface area contributed by atoms with E-state index < -0.39 is 17.7 Å². The summed E-state index contributed by atoms with van der Waals surface area (Å²) in [5.41, 5.74) is -0.567. The van der Waals surface area contributed by atoms with Gasteiger partial charge in [-0.1, -0.05) is 0 Å². The molecule has 6 nitrogen and oxygen atoms in total. The average Bonchev–Trinajstić information content (AvgIpc) is 2.35. The summed E-state index contributed by atoms with van der Waals surface area (Å²) in [4.78, 5) is 30.6. The van der Waals surface area contributed by atoms with Gasteiger partial charge >= 0.3 is 6.09 Å². The number of nitrogens with zero attached hydrogens (tertiary/aromatic N) is 2. The number of amides is 2. The van der Waals surface area contributed by atoms with Crippen LogP contribution in [0.2, 0.25) is 0 Å². The lowest BCUT2D eigenvalue weighted by atomic mass is 10.2. The van der Waals surface area contributed by atoms with E-state index in [1.165, 1.54) is 19.1 Å². The first-order chi connectivity index (χ1) is 8.76. The molecule has 0 radical (unpaired) electrons. The summed E-state index contributed by atoms with van der Waals surface area (Å²) >= 11 is 1.65. The molecule has 1 rings (SSSR count). The third-order valence-electron chi connectivity index (χ3n) is 2.63. The molecule has 0 aliphatic carbocycles. The zero-order valence-electron chi connectivity index (χ0n) is 12.1. The van der Waals surface area contributed by atoms with E-state index in [9.17, 15) is 9.59 Å². The summed E-state index contributed by atoms with van der Waals surface area (Å²) < 4.78 is 5.34. The monoisotopic (exact) mass is 290 g/mol. The molecule has 7 heteroatoms. The number of hydroxylamine groups is 2. The van der Waals surface area contributed by atoms with Crippen molar-refractivity contribution in [3.63, 3.8) is 0 Å². The van der Waals surface area contributed by atoms with Crippen LogP contribution >= 0.6 is 11.8 Å². The molecule has 0 unspecified atom stereocenters. The average molecular weight is 290 g/mol. The van der Waals surface area contributed by atoms with E-state index in [2.05, 4.69) is 0 Å². The quantitative estimate of drug-likeness (QED) is 0.719. The Morgan fingerprint density at radius 2 is 2.00 bits per heavy atom. The molecule has 0 saturated carbocycles. The Balaban J connectivity index is 2.78. The molecule has 19 heavy (non-hydrogen) atoms. The zero-order chi connectivity index (χ0) is 14.6. The van der Waals surface area contributed by atoms with E-state index in [4.69, 9.17) is 9.57 Å². The smallest absolute Gasteiger partial charge is 0.411 e. The van der Waals surface area contributed by atoms with E-state index in [-0.39, 0.29) is 5.91 Å². The van der Waals surface area contributed by atoms with Gasteiger partial charge in [0.1, 0.15) is 11.6 Å². The highest BCUT2D eigenvalue weighted by Crippen LogP contribution is 2.21. The van der Waals surface area contributed by atoms with Gasteiger partial charge in [-0.05, 0) is 20.8 Å². The van der Waals surface area contributed by atoms with Crippen LogP contribution in [0, 0.1) is 0 Å². The van der Waals surface area contributed by atoms with E-state index in [1.54, 1.807) is 11.8 Å². The minimum absolute atomic E-state index is 0.236. The molecule has 0 aromatic rings. The molecular formula is C12H22N2O4S. The van der Waals surface area contributed by atoms with Gasteiger partial charge in [-0.3, -0.25) is 14.5 Å². The van der Waals surface area contributed by atoms with Gasteiger partial charge in [-0.2, -0.15) is 11.8 Å². The van der Waals surface area contributed by atoms with Crippen molar-refractivity contribution in [2.24, 2.45) is 0 Å². The van der Waals surface area contributed by atoms with Gasteiger partial charge in [0.2, 0.25) is 0 Å². The summed E-state index contributed by atoms with van der Waals surface area (Å²) in [6, 6.07) is -0.529. The summed E-state index contributed by atoms with van der Waals surface area (Å²) in [6.45, 7) is 5.93. The van der Waals surface area contributed by atoms with Crippen molar-refractivity contribution in [2.45, 2.75) is 32.4 Å². The second-order valence-corrected chi connectivity index (χ2v) is 6.43. The molecule has 0 spiro atoms. The van der Waals surface area contributed by atoms with Crippen molar-refractivity contribution >= 4 is 23.8 Å². The predicted octanol–water partition coefficient (Wildman–Crippen LogP) is 1.36. The molecule has 1 heterocycles. The molecule has 0 bridgehead atoms. The van der Waals surface area contributed by atoms with Crippen LogP contribution in [-0.4, -0.2) is 65.8 Å². The van der Waals surface area contributed by atoms with Gasteiger partial charge in [-0.15, -0.1) is 0 Å². The third kappa shape index (κ3) is 4.58. The zero-order valence-corrected chi connectivity index (χ0v) is 13.0. The SMILES string of the molecule is CON(C)C(=O)[C@@H]1CSCCN1C(=O)OC(C)(C)C. The first-order valence-electron chi connectivity index (χ1n) is 6.15. The molecule has 1 fully saturated rings. The van der Waals surface area contributed by atoms with Crippen molar-refractivity contribution in [3.8, 4) is 0 Å². The first-order valence-corrected chi connectivity index (χ1v) is 7.31. The standard InChI is InChI=1S/C12H22N2O4S/c1-12(2,3)18-11(16)14-6-7-19-8-9(14)10(15)13(4)17-5/h9H,6-8H2,1-5H3/t9-/m0/s1. The van der Waals surface area contributed by atoms with Gasteiger partial charge in [0.25, 0.3) is 5.91 Å². The van der Waals surface area contributed by atoms with Crippen LogP contribution < -0.4 is 0 Å². The molecule has 1 atom stereocenters. The van der Waals surface area contributed by atoms with Crippen molar-refractivity contribution in [1.82, 2.24) is 9.96 Å². The van der Waals surface area contributed by atoms with Gasteiger partial charge in [-0.25, -0.2) is 9.86 Å². The molecule has 0 aromatic carbocycles. The fourth-order valence-corrected chi connectivity index (χ4v) is 2.69. The number of rotatable bonds is 2. The van der Waals surface area contributed by atoms with Gasteiger partial charge in [0.05, 0.1) is 7.11 Å². The van der Waals surface area contributed by atoms with E-state index >= 15 is 0 Å². The van der Waals surface area contributed by atoms with Crippen molar-refractivity contribution in [2.75, 3.05) is 32.2 Å². The molecule has 0 N–H and O–H groups in total. The molecule has 1 aliphatic heterocycles. The van der Waals surface area contributed by atoms with Crippen LogP contribution in [0.4, 0.5) is 4.79 Å². The van der Waals surface area contributed by atoms with Crippen LogP contribution in [-0.2, 0) is 14.4 Å². The van der Waals surface area contributed by atoms with Crippen LogP contribution in [0.15, 0.2) is 0 Å². The topological polar surface area (TPSA) is 59.1 Å². The van der Waals surface area contributed by atoms with Gasteiger partial charge < -0.3 is 4.74 Å². The maximum absolute atomic E-state index is 12.1. The second-order valence-electron chi connectivity index (χ2n) is 5.28. The Labute approximate surface area is 118 Å². The minimum atomic E-state index is -0.567. The second kappa shape index (κ2) is 6.47. The lowest BCUT2D eigenvalue weighted by molar-refractivity contribution is -0.173. The minimum Gasteiger partial charge on any atom is -0.444 e. The number of hydrogen-bond donors (Lipinski definition) is 0. The molecular weight excluding hydrogens is 268 g/mol. The lowest BCUT2D eigenvalue weighted by Gasteiger charge is -2.36. The van der Waals surface area contributed by atoms with Crippen LogP contribution in [0.5, 0.6) is 0 Å². The fourth-order valence-electron chi connectivity index (χ4n) is 1.65. The molecule has 1 aliphatic rings. The van der Waals surface area contributed by atoms with Crippen LogP contribution in [0.1, 0.15) is 20.8 Å². The van der Waals surface area contributed by atoms with Gasteiger partial charge in [0.15, 0.2) is 0 Å². The van der Waals surface area contributed by atoms with E-state index in [0.717, 1.165) is 10.8 Å². The number of ether oxygens (including phenoxy) is 1. The number of likely N-dealkylation sites (N-methyl/N-ethyl adjacent to an activating group) is 1. The Hall–Kier alpha value is -0.950. The van der Waals surface area contributed by atoms with Crippen molar-refractivity contribution in [3.05, 3.63) is 0 Å². The molecule has 2 amide bonds. The largest absolute Gasteiger partial charge is 0.444 e. The number of hydrogen-bond acceptors (Lipinski definition) is 5. The third-order valence-corrected chi connectivity index (χ3v) is 3.65. The Morgan fingerprint density at radius 3 is 2.53 bits per heavy atom. The molecule has 0 aromatic heterocycles. The summed E-state index contributed by atoms with van der Waals surface area (Å²) in [5.74, 6) is 1.13. The summed E-state index contributed by atoms with van der Waals surface area (Å²) in [6.07, 6.45) is -0.448. The molecule has 110 valence electrons. The van der Waals surface area contributed by atoms with Crippen molar-refractivity contribution in [1.29, 1.82) is 0 Å². The van der Waals surface area contributed by atoms with Gasteiger partial charge in [0, 0.05) is 25.1 Å². The number of thioether (sulfide) groups is 1. The Morgan fingerprint density at radius 1 is 1.37 bits per heavy atom. The summed E-state index contributed by atoms with van der Waals surface area (Å²) in [7, 11) is 2.96. The van der Waals surface area contributed by atoms with Crippen molar-refractivity contribution < 1.29 is 19.2 Å². The highest BCUT2D eigenvalue weighted by molar-refractivity contribution is 7.99. The fraction of sp³-hybridized carbons (Fsp3) is 0.833. The van der Waals surface area contributed by atoms with Crippen LogP contribution in [0.3, 0.4) is 0 Å². The highest BCUT2D eigenvalue weighted by Gasteiger charge is 2.36. The normalized spacial score (nSPS) is 20.1. The number of carbonyl (C=O) groups excluding carboxylic acids is 2. The highest BCUT2D eigenvalue weighted by atomic mass is 32.2. The Kier molecular flexibility index (Phi) is 5.49. The first kappa shape index (κ1) is 16.1. The predicted molar refractivity (Wildman–Crippen MR) is 73.8 cm³/mol. The van der Waals surface area contributed by atoms with E-state index in [1.807, 2.05) is 20.8 Å². The lowest BCUT2D eigenvalue weighted by Crippen LogP contribution is -2.55. The molecule has 1 saturated heterocycles. The Bertz CT molecular complexity index is 343. The maximum Gasteiger partial charge on any atom is 0.411 e. The van der Waals surface area contributed by atoms with E-state index in [0.29, 0.717) is 12.3 Å². The van der Waals surface area contributed by atoms with Crippen LogP contribution in [0.25, 0.3) is 0 Å².